The van der Waals surface area contributed by atoms with Crippen LogP contribution in [0.3, 0.4) is 0 Å². The third-order valence-corrected chi connectivity index (χ3v) is 4.98. The molecule has 162 valence electrons. The predicted molar refractivity (Wildman–Crippen MR) is 102 cm³/mol. The Labute approximate surface area is 172 Å². The van der Waals surface area contributed by atoms with Crippen molar-refractivity contribution in [1.29, 1.82) is 5.26 Å². The van der Waals surface area contributed by atoms with Crippen molar-refractivity contribution in [2.24, 2.45) is 0 Å². The topological polar surface area (TPSA) is 98.5 Å². The normalized spacial score (nSPS) is 12.2. The van der Waals surface area contributed by atoms with Crippen LogP contribution in [0.25, 0.3) is 11.1 Å². The van der Waals surface area contributed by atoms with E-state index in [4.69, 9.17) is 9.47 Å². The molecule has 0 saturated carbocycles. The summed E-state index contributed by atoms with van der Waals surface area (Å²) in [7, 11) is -3.21. The summed E-state index contributed by atoms with van der Waals surface area (Å²) in [6.07, 6.45) is 0. The lowest BCUT2D eigenvalue weighted by molar-refractivity contribution is -0.0501. The van der Waals surface area contributed by atoms with Crippen LogP contribution in [0.5, 0.6) is 17.4 Å². The van der Waals surface area contributed by atoms with Crippen LogP contribution in [-0.2, 0) is 15.5 Å². The fraction of sp³-hybridized carbons (Fsp3) is 0.368. The molecule has 0 aliphatic carbocycles. The Morgan fingerprint density at radius 3 is 2.10 bits per heavy atom. The first-order valence-corrected chi connectivity index (χ1v) is 9.84. The van der Waals surface area contributed by atoms with E-state index >= 15 is 0 Å². The van der Waals surface area contributed by atoms with Gasteiger partial charge in [0.2, 0.25) is 0 Å². The average Bonchev–Trinajstić information content (AvgIpc) is 2.64. The van der Waals surface area contributed by atoms with Crippen molar-refractivity contribution in [3.63, 3.8) is 0 Å². The number of hydrogen-bond donors (Lipinski definition) is 0. The lowest BCUT2D eigenvalue weighted by Crippen LogP contribution is -2.29. The number of nitrogens with zero attached hydrogens (tertiary/aromatic N) is 2. The quantitative estimate of drug-likeness (QED) is 0.504. The third kappa shape index (κ3) is 4.59. The van der Waals surface area contributed by atoms with E-state index in [0.29, 0.717) is 17.1 Å². The smallest absolute Gasteiger partial charge is 0.493 e. The maximum absolute atomic E-state index is 12.8. The van der Waals surface area contributed by atoms with Crippen molar-refractivity contribution in [1.82, 2.24) is 4.98 Å². The van der Waals surface area contributed by atoms with Gasteiger partial charge >= 0.3 is 15.6 Å². The molecule has 1 heterocycles. The molecule has 2 rings (SSSR count). The lowest BCUT2D eigenvalue weighted by atomic mass is 9.88. The molecule has 0 fully saturated rings. The fourth-order valence-electron chi connectivity index (χ4n) is 2.46. The van der Waals surface area contributed by atoms with Crippen molar-refractivity contribution < 1.29 is 35.2 Å². The van der Waals surface area contributed by atoms with Crippen LogP contribution in [0.4, 0.5) is 13.2 Å². The summed E-state index contributed by atoms with van der Waals surface area (Å²) >= 11 is 0. The van der Waals surface area contributed by atoms with E-state index in [0.717, 1.165) is 0 Å². The summed E-state index contributed by atoms with van der Waals surface area (Å²) in [6, 6.07) is 7.78. The Morgan fingerprint density at radius 1 is 1.03 bits per heavy atom. The van der Waals surface area contributed by atoms with Crippen molar-refractivity contribution in [2.45, 2.75) is 31.7 Å². The van der Waals surface area contributed by atoms with Gasteiger partial charge in [-0.2, -0.15) is 26.9 Å². The first-order valence-electron chi connectivity index (χ1n) is 8.44. The van der Waals surface area contributed by atoms with Crippen LogP contribution in [0.2, 0.25) is 0 Å². The van der Waals surface area contributed by atoms with Crippen LogP contribution in [-0.4, -0.2) is 33.1 Å². The Morgan fingerprint density at radius 2 is 1.63 bits per heavy atom. The van der Waals surface area contributed by atoms with E-state index in [1.165, 1.54) is 26.4 Å². The second-order valence-electron chi connectivity index (χ2n) is 7.15. The number of methoxy groups -OCH3 is 2. The zero-order valence-corrected chi connectivity index (χ0v) is 17.6. The summed E-state index contributed by atoms with van der Waals surface area (Å²) in [5.41, 5.74) is -6.12. The highest BCUT2D eigenvalue weighted by atomic mass is 32.2. The van der Waals surface area contributed by atoms with E-state index in [2.05, 4.69) is 9.17 Å². The third-order valence-electron chi connectivity index (χ3n) is 4.03. The van der Waals surface area contributed by atoms with Gasteiger partial charge in [0.25, 0.3) is 5.88 Å². The Balaban J connectivity index is 2.83. The van der Waals surface area contributed by atoms with Gasteiger partial charge in [-0.15, -0.1) is 0 Å². The number of aromatic nitrogens is 1. The number of hydrogen-bond acceptors (Lipinski definition) is 7. The molecule has 0 N–H and O–H groups in total. The standard InChI is InChI=1S/C19H19F3N2O5S/c1-18(2,3)16-9-12(11-6-7-14(27-4)15(8-11)28-5)13(10-23)17(24-16)29-30(25,26)19(20,21)22/h6-9H,1-5H3. The monoisotopic (exact) mass is 444 g/mol. The number of halogens is 3. The molecule has 0 aliphatic rings. The Bertz CT molecular complexity index is 1100. The van der Waals surface area contributed by atoms with E-state index in [-0.39, 0.29) is 11.3 Å². The summed E-state index contributed by atoms with van der Waals surface area (Å²) in [5.74, 6) is -0.258. The van der Waals surface area contributed by atoms with Crippen molar-refractivity contribution in [2.75, 3.05) is 14.2 Å². The molecule has 1 aromatic carbocycles. The summed E-state index contributed by atoms with van der Waals surface area (Å²) in [4.78, 5) is 3.90. The van der Waals surface area contributed by atoms with Gasteiger partial charge in [-0.05, 0) is 23.8 Å². The van der Waals surface area contributed by atoms with Gasteiger partial charge < -0.3 is 13.7 Å². The molecule has 0 atom stereocenters. The highest BCUT2D eigenvalue weighted by Gasteiger charge is 2.49. The first-order chi connectivity index (χ1) is 13.7. The maximum Gasteiger partial charge on any atom is 0.534 e. The second kappa shape index (κ2) is 8.02. The van der Waals surface area contributed by atoms with Gasteiger partial charge in [0, 0.05) is 11.0 Å². The highest BCUT2D eigenvalue weighted by Crippen LogP contribution is 2.39. The number of benzene rings is 1. The van der Waals surface area contributed by atoms with Crippen LogP contribution in [0.1, 0.15) is 32.0 Å². The number of ether oxygens (including phenoxy) is 2. The van der Waals surface area contributed by atoms with Gasteiger partial charge in [0.05, 0.1) is 19.9 Å². The molecule has 0 spiro atoms. The zero-order chi connectivity index (χ0) is 22.9. The molecule has 1 aromatic heterocycles. The fourth-order valence-corrected chi connectivity index (χ4v) is 2.88. The van der Waals surface area contributed by atoms with Crippen molar-refractivity contribution in [3.05, 3.63) is 35.5 Å². The van der Waals surface area contributed by atoms with Gasteiger partial charge in [-0.25, -0.2) is 4.98 Å². The van der Waals surface area contributed by atoms with E-state index in [1.807, 2.05) is 0 Å². The summed E-state index contributed by atoms with van der Waals surface area (Å²) in [5, 5.41) is 9.58. The molecule has 30 heavy (non-hydrogen) atoms. The second-order valence-corrected chi connectivity index (χ2v) is 8.69. The molecular formula is C19H19F3N2O5S. The van der Waals surface area contributed by atoms with Crippen molar-refractivity contribution in [3.8, 4) is 34.6 Å². The molecule has 0 unspecified atom stereocenters. The summed E-state index contributed by atoms with van der Waals surface area (Å²) in [6.45, 7) is 5.17. The maximum atomic E-state index is 12.8. The number of alkyl halides is 3. The predicted octanol–water partition coefficient (Wildman–Crippen LogP) is 4.16. The van der Waals surface area contributed by atoms with Crippen molar-refractivity contribution >= 4 is 10.1 Å². The molecular weight excluding hydrogens is 425 g/mol. The largest absolute Gasteiger partial charge is 0.534 e. The molecule has 2 aromatic rings. The van der Waals surface area contributed by atoms with Gasteiger partial charge in [0.1, 0.15) is 11.6 Å². The first kappa shape index (κ1) is 23.3. The lowest BCUT2D eigenvalue weighted by Gasteiger charge is -2.21. The molecule has 11 heteroatoms. The van der Waals surface area contributed by atoms with Crippen LogP contribution >= 0.6 is 0 Å². The SMILES string of the molecule is COc1ccc(-c2cc(C(C)(C)C)nc(OS(=O)(=O)C(F)(F)F)c2C#N)cc1OC. The van der Waals surface area contributed by atoms with E-state index < -0.39 is 32.5 Å². The number of pyridine rings is 1. The molecule has 7 nitrogen and oxygen atoms in total. The molecule has 0 aliphatic heterocycles. The van der Waals surface area contributed by atoms with Crippen LogP contribution in [0, 0.1) is 11.3 Å². The number of rotatable bonds is 5. The summed E-state index contributed by atoms with van der Waals surface area (Å²) < 4.78 is 76.2. The zero-order valence-electron chi connectivity index (χ0n) is 16.8. The van der Waals surface area contributed by atoms with Gasteiger partial charge in [-0.3, -0.25) is 0 Å². The van der Waals surface area contributed by atoms with Crippen LogP contribution in [0.15, 0.2) is 24.3 Å². The minimum absolute atomic E-state index is 0.130. The molecule has 0 saturated heterocycles. The molecule has 0 amide bonds. The molecule has 0 radical (unpaired) electrons. The average molecular weight is 444 g/mol. The Kier molecular flexibility index (Phi) is 6.23. The molecule has 0 bridgehead atoms. The van der Waals surface area contributed by atoms with Crippen LogP contribution < -0.4 is 13.7 Å². The Hall–Kier alpha value is -3.00. The van der Waals surface area contributed by atoms with Gasteiger partial charge in [0.15, 0.2) is 11.5 Å². The van der Waals surface area contributed by atoms with E-state index in [1.54, 1.807) is 39.0 Å². The van der Waals surface area contributed by atoms with Gasteiger partial charge in [-0.1, -0.05) is 26.8 Å². The highest BCUT2D eigenvalue weighted by molar-refractivity contribution is 7.87. The number of nitriles is 1. The minimum Gasteiger partial charge on any atom is -0.493 e. The minimum atomic E-state index is -6.03. The van der Waals surface area contributed by atoms with E-state index in [9.17, 15) is 26.9 Å².